The molecule has 0 aliphatic heterocycles. The maximum Gasteiger partial charge on any atom is 0.177 e. The molecule has 4 heteroatoms. The zero-order chi connectivity index (χ0) is 14.1. The van der Waals surface area contributed by atoms with Gasteiger partial charge in [-0.3, -0.25) is 0 Å². The van der Waals surface area contributed by atoms with Crippen molar-refractivity contribution in [1.29, 1.82) is 0 Å². The zero-order valence-electron chi connectivity index (χ0n) is 11.9. The van der Waals surface area contributed by atoms with Crippen molar-refractivity contribution in [2.45, 2.75) is 33.4 Å². The van der Waals surface area contributed by atoms with E-state index in [1.807, 2.05) is 12.1 Å². The van der Waals surface area contributed by atoms with Crippen molar-refractivity contribution in [2.24, 2.45) is 5.73 Å². The minimum Gasteiger partial charge on any atom is -0.458 e. The van der Waals surface area contributed by atoms with Crippen LogP contribution in [0.1, 0.15) is 25.2 Å². The molecule has 104 valence electrons. The van der Waals surface area contributed by atoms with Crippen molar-refractivity contribution in [3.8, 4) is 11.6 Å². The molecule has 0 bridgehead atoms. The molecule has 2 aromatic heterocycles. The van der Waals surface area contributed by atoms with Gasteiger partial charge >= 0.3 is 0 Å². The lowest BCUT2D eigenvalue weighted by atomic mass is 10.2. The van der Waals surface area contributed by atoms with Gasteiger partial charge in [-0.25, -0.2) is 4.98 Å². The molecule has 2 N–H and O–H groups in total. The topological polar surface area (TPSA) is 57.0 Å². The number of furan rings is 1. The number of fused-ring (bicyclic) bond motifs is 1. The van der Waals surface area contributed by atoms with Gasteiger partial charge in [0.1, 0.15) is 5.76 Å². The smallest absolute Gasteiger partial charge is 0.177 e. The standard InChI is InChI=1S/C16H19N3O/c1-3-12-6-8-15(20-12)16-18-13-9-11(10-17)5-7-14(13)19(16)4-2/h5-9H,3-4,10,17H2,1-2H3. The summed E-state index contributed by atoms with van der Waals surface area (Å²) in [5.41, 5.74) is 8.88. The number of nitrogens with two attached hydrogens (primary N) is 1. The summed E-state index contributed by atoms with van der Waals surface area (Å²) < 4.78 is 8.01. The Morgan fingerprint density at radius 1 is 1.20 bits per heavy atom. The van der Waals surface area contributed by atoms with Crippen molar-refractivity contribution >= 4 is 11.0 Å². The number of nitrogens with zero attached hydrogens (tertiary/aromatic N) is 2. The Morgan fingerprint density at radius 2 is 2.05 bits per heavy atom. The lowest BCUT2D eigenvalue weighted by molar-refractivity contribution is 0.522. The van der Waals surface area contributed by atoms with Crippen LogP contribution in [0.2, 0.25) is 0 Å². The van der Waals surface area contributed by atoms with Gasteiger partial charge in [-0.2, -0.15) is 0 Å². The lowest BCUT2D eigenvalue weighted by Gasteiger charge is -2.04. The Balaban J connectivity index is 2.18. The number of imidazole rings is 1. The fraction of sp³-hybridized carbons (Fsp3) is 0.312. The van der Waals surface area contributed by atoms with Gasteiger partial charge in [0.2, 0.25) is 0 Å². The average molecular weight is 269 g/mol. The van der Waals surface area contributed by atoms with Gasteiger partial charge in [0, 0.05) is 19.5 Å². The third kappa shape index (κ3) is 2.02. The Kier molecular flexibility index (Phi) is 3.32. The van der Waals surface area contributed by atoms with E-state index < -0.39 is 0 Å². The summed E-state index contributed by atoms with van der Waals surface area (Å²) >= 11 is 0. The number of rotatable bonds is 4. The first-order chi connectivity index (χ1) is 9.76. The SMILES string of the molecule is CCc1ccc(-c2nc3cc(CN)ccc3n2CC)o1. The summed E-state index contributed by atoms with van der Waals surface area (Å²) in [6.45, 7) is 5.59. The Hall–Kier alpha value is -2.07. The van der Waals surface area contributed by atoms with Gasteiger partial charge in [-0.05, 0) is 36.8 Å². The van der Waals surface area contributed by atoms with Crippen molar-refractivity contribution in [2.75, 3.05) is 0 Å². The number of hydrogen-bond acceptors (Lipinski definition) is 3. The van der Waals surface area contributed by atoms with Crippen molar-refractivity contribution in [3.05, 3.63) is 41.7 Å². The van der Waals surface area contributed by atoms with E-state index in [0.29, 0.717) is 6.54 Å². The molecule has 0 spiro atoms. The maximum atomic E-state index is 5.84. The molecule has 0 aliphatic rings. The molecular weight excluding hydrogens is 250 g/mol. The van der Waals surface area contributed by atoms with Gasteiger partial charge in [-0.1, -0.05) is 13.0 Å². The van der Waals surface area contributed by atoms with E-state index in [-0.39, 0.29) is 0 Å². The van der Waals surface area contributed by atoms with Crippen LogP contribution in [0.25, 0.3) is 22.6 Å². The summed E-state index contributed by atoms with van der Waals surface area (Å²) in [6, 6.07) is 10.2. The van der Waals surface area contributed by atoms with Crippen LogP contribution in [0.15, 0.2) is 34.7 Å². The van der Waals surface area contributed by atoms with Crippen molar-refractivity contribution in [1.82, 2.24) is 9.55 Å². The molecule has 0 aliphatic carbocycles. The summed E-state index contributed by atoms with van der Waals surface area (Å²) in [6.07, 6.45) is 0.893. The third-order valence-corrected chi connectivity index (χ3v) is 3.60. The van der Waals surface area contributed by atoms with Crippen LogP contribution in [-0.4, -0.2) is 9.55 Å². The molecule has 0 atom stereocenters. The predicted molar refractivity (Wildman–Crippen MR) is 80.4 cm³/mol. The van der Waals surface area contributed by atoms with Crippen LogP contribution in [0.5, 0.6) is 0 Å². The first kappa shape index (κ1) is 12.9. The average Bonchev–Trinajstić information content (AvgIpc) is 3.09. The zero-order valence-corrected chi connectivity index (χ0v) is 11.9. The van der Waals surface area contributed by atoms with E-state index >= 15 is 0 Å². The van der Waals surface area contributed by atoms with Crippen LogP contribution in [0.4, 0.5) is 0 Å². The van der Waals surface area contributed by atoms with E-state index in [9.17, 15) is 0 Å². The van der Waals surface area contributed by atoms with Crippen LogP contribution >= 0.6 is 0 Å². The lowest BCUT2D eigenvalue weighted by Crippen LogP contribution is -1.97. The first-order valence-electron chi connectivity index (χ1n) is 7.05. The van der Waals surface area contributed by atoms with Crippen LogP contribution in [0.3, 0.4) is 0 Å². The Labute approximate surface area is 118 Å². The van der Waals surface area contributed by atoms with Gasteiger partial charge in [-0.15, -0.1) is 0 Å². The number of hydrogen-bond donors (Lipinski definition) is 1. The monoisotopic (exact) mass is 269 g/mol. The van der Waals surface area contributed by atoms with Crippen LogP contribution < -0.4 is 5.73 Å². The molecular formula is C16H19N3O. The largest absolute Gasteiger partial charge is 0.458 e. The highest BCUT2D eigenvalue weighted by Gasteiger charge is 2.14. The minimum absolute atomic E-state index is 0.533. The van der Waals surface area contributed by atoms with Gasteiger partial charge in [0.15, 0.2) is 11.6 Å². The number of benzene rings is 1. The molecule has 0 amide bonds. The molecule has 0 radical (unpaired) electrons. The van der Waals surface area contributed by atoms with E-state index in [0.717, 1.165) is 46.9 Å². The van der Waals surface area contributed by atoms with Gasteiger partial charge in [0.05, 0.1) is 11.0 Å². The predicted octanol–water partition coefficient (Wildman–Crippen LogP) is 3.34. The third-order valence-electron chi connectivity index (χ3n) is 3.60. The Bertz CT molecular complexity index is 739. The highest BCUT2D eigenvalue weighted by Crippen LogP contribution is 2.27. The second-order valence-electron chi connectivity index (χ2n) is 4.83. The molecule has 3 aromatic rings. The number of aromatic nitrogens is 2. The van der Waals surface area contributed by atoms with E-state index in [1.54, 1.807) is 0 Å². The summed E-state index contributed by atoms with van der Waals surface area (Å²) in [5, 5.41) is 0. The molecule has 4 nitrogen and oxygen atoms in total. The molecule has 1 aromatic carbocycles. The summed E-state index contributed by atoms with van der Waals surface area (Å²) in [5.74, 6) is 2.70. The Morgan fingerprint density at radius 3 is 2.70 bits per heavy atom. The second kappa shape index (κ2) is 5.13. The quantitative estimate of drug-likeness (QED) is 0.790. The van der Waals surface area contributed by atoms with Crippen molar-refractivity contribution < 1.29 is 4.42 Å². The molecule has 0 saturated heterocycles. The molecule has 20 heavy (non-hydrogen) atoms. The fourth-order valence-electron chi connectivity index (χ4n) is 2.50. The minimum atomic E-state index is 0.533. The molecule has 0 saturated carbocycles. The van der Waals surface area contributed by atoms with E-state index in [4.69, 9.17) is 15.1 Å². The maximum absolute atomic E-state index is 5.84. The molecule has 3 rings (SSSR count). The van der Waals surface area contributed by atoms with Crippen LogP contribution in [0, 0.1) is 0 Å². The second-order valence-corrected chi connectivity index (χ2v) is 4.83. The molecule has 0 fully saturated rings. The normalized spacial score (nSPS) is 11.3. The summed E-state index contributed by atoms with van der Waals surface area (Å²) in [4.78, 5) is 4.72. The first-order valence-corrected chi connectivity index (χ1v) is 7.05. The van der Waals surface area contributed by atoms with Crippen molar-refractivity contribution in [3.63, 3.8) is 0 Å². The number of aryl methyl sites for hydroxylation is 2. The summed E-state index contributed by atoms with van der Waals surface area (Å²) in [7, 11) is 0. The van der Waals surface area contributed by atoms with E-state index in [1.165, 1.54) is 0 Å². The molecule has 0 unspecified atom stereocenters. The fourth-order valence-corrected chi connectivity index (χ4v) is 2.50. The van der Waals surface area contributed by atoms with E-state index in [2.05, 4.69) is 36.6 Å². The van der Waals surface area contributed by atoms with Crippen LogP contribution in [-0.2, 0) is 19.5 Å². The van der Waals surface area contributed by atoms with Gasteiger partial charge < -0.3 is 14.7 Å². The molecule has 2 heterocycles. The highest BCUT2D eigenvalue weighted by atomic mass is 16.3. The van der Waals surface area contributed by atoms with Gasteiger partial charge in [0.25, 0.3) is 0 Å². The highest BCUT2D eigenvalue weighted by molar-refractivity contribution is 5.80.